The number of hydrogen-bond acceptors (Lipinski definition) is 6. The maximum atomic E-state index is 12.1. The summed E-state index contributed by atoms with van der Waals surface area (Å²) in [5.41, 5.74) is 0. The summed E-state index contributed by atoms with van der Waals surface area (Å²) in [5.74, 6) is -1.74. The molecule has 2 amide bonds. The molecule has 23 heavy (non-hydrogen) atoms. The molecule has 0 unspecified atom stereocenters. The van der Waals surface area contributed by atoms with E-state index in [0.29, 0.717) is 13.2 Å². The molecule has 128 valence electrons. The van der Waals surface area contributed by atoms with Crippen molar-refractivity contribution in [2.45, 2.75) is 19.9 Å². The first-order chi connectivity index (χ1) is 11.0. The highest BCUT2D eigenvalue weighted by Crippen LogP contribution is 2.07. The summed E-state index contributed by atoms with van der Waals surface area (Å²) < 4.78 is 14.7. The molecule has 0 fully saturated rings. The van der Waals surface area contributed by atoms with Gasteiger partial charge in [-0.25, -0.2) is 4.79 Å². The van der Waals surface area contributed by atoms with E-state index in [0.717, 1.165) is 0 Å². The fourth-order valence-corrected chi connectivity index (χ4v) is 1.69. The molecule has 2 N–H and O–H groups in total. The van der Waals surface area contributed by atoms with Crippen LogP contribution >= 0.6 is 0 Å². The Kier molecular flexibility index (Phi) is 7.82. The fourth-order valence-electron chi connectivity index (χ4n) is 1.69. The molecule has 1 heterocycles. The normalized spacial score (nSPS) is 11.8. The van der Waals surface area contributed by atoms with Crippen molar-refractivity contribution < 1.29 is 28.3 Å². The van der Waals surface area contributed by atoms with Crippen molar-refractivity contribution in [3.8, 4) is 0 Å². The van der Waals surface area contributed by atoms with Crippen LogP contribution in [0.3, 0.4) is 0 Å². The smallest absolute Gasteiger partial charge is 0.329 e. The summed E-state index contributed by atoms with van der Waals surface area (Å²) in [5, 5.41) is 5.06. The van der Waals surface area contributed by atoms with Crippen molar-refractivity contribution in [1.29, 1.82) is 0 Å². The van der Waals surface area contributed by atoms with Crippen LogP contribution in [-0.4, -0.2) is 50.7 Å². The van der Waals surface area contributed by atoms with E-state index in [1.165, 1.54) is 19.4 Å². The monoisotopic (exact) mass is 326 g/mol. The number of carbonyl (C=O) groups excluding carboxylic acids is 3. The summed E-state index contributed by atoms with van der Waals surface area (Å²) in [6.07, 6.45) is 1.36. The van der Waals surface area contributed by atoms with Gasteiger partial charge in [-0.2, -0.15) is 0 Å². The lowest BCUT2D eigenvalue weighted by Crippen LogP contribution is -2.46. The predicted molar refractivity (Wildman–Crippen MR) is 80.6 cm³/mol. The van der Waals surface area contributed by atoms with E-state index in [-0.39, 0.29) is 11.7 Å². The van der Waals surface area contributed by atoms with Crippen molar-refractivity contribution in [3.05, 3.63) is 24.2 Å². The third-order valence-corrected chi connectivity index (χ3v) is 2.93. The van der Waals surface area contributed by atoms with E-state index in [1.807, 2.05) is 0 Å². The zero-order valence-corrected chi connectivity index (χ0v) is 13.5. The van der Waals surface area contributed by atoms with E-state index in [9.17, 15) is 14.4 Å². The second-order valence-corrected chi connectivity index (χ2v) is 5.12. The Balaban J connectivity index is 2.48. The molecule has 0 aliphatic carbocycles. The van der Waals surface area contributed by atoms with Gasteiger partial charge in [0.15, 0.2) is 12.4 Å². The zero-order valence-electron chi connectivity index (χ0n) is 13.5. The van der Waals surface area contributed by atoms with Crippen molar-refractivity contribution in [2.24, 2.45) is 5.92 Å². The molecular weight excluding hydrogens is 304 g/mol. The molecule has 8 nitrogen and oxygen atoms in total. The van der Waals surface area contributed by atoms with Crippen LogP contribution in [0.25, 0.3) is 0 Å². The number of ether oxygens (including phenoxy) is 2. The predicted octanol–water partition coefficient (Wildman–Crippen LogP) is 0.340. The zero-order chi connectivity index (χ0) is 17.2. The van der Waals surface area contributed by atoms with Crippen LogP contribution in [0.1, 0.15) is 24.4 Å². The van der Waals surface area contributed by atoms with Gasteiger partial charge >= 0.3 is 5.97 Å². The topological polar surface area (TPSA) is 107 Å². The first kappa shape index (κ1) is 18.7. The molecule has 1 atom stereocenters. The minimum Gasteiger partial charge on any atom is -0.459 e. The second kappa shape index (κ2) is 9.62. The van der Waals surface area contributed by atoms with Crippen LogP contribution in [0, 0.1) is 5.92 Å². The van der Waals surface area contributed by atoms with Crippen molar-refractivity contribution in [3.63, 3.8) is 0 Å². The maximum absolute atomic E-state index is 12.1. The minimum absolute atomic E-state index is 0.0979. The first-order valence-corrected chi connectivity index (χ1v) is 7.22. The SMILES string of the molecule is COCCNC(=O)COC(=O)[C@@H](NC(=O)c1ccco1)C(C)C. The highest BCUT2D eigenvalue weighted by Gasteiger charge is 2.27. The van der Waals surface area contributed by atoms with Crippen LogP contribution in [0.2, 0.25) is 0 Å². The fraction of sp³-hybridized carbons (Fsp3) is 0.533. The first-order valence-electron chi connectivity index (χ1n) is 7.22. The molecule has 1 aromatic rings. The highest BCUT2D eigenvalue weighted by molar-refractivity contribution is 5.94. The Hall–Kier alpha value is -2.35. The summed E-state index contributed by atoms with van der Waals surface area (Å²) in [4.78, 5) is 35.5. The lowest BCUT2D eigenvalue weighted by Gasteiger charge is -2.20. The molecule has 0 aliphatic heterocycles. The maximum Gasteiger partial charge on any atom is 0.329 e. The van der Waals surface area contributed by atoms with Crippen LogP contribution in [0.4, 0.5) is 0 Å². The number of amides is 2. The second-order valence-electron chi connectivity index (χ2n) is 5.12. The molecule has 8 heteroatoms. The number of furan rings is 1. The van der Waals surface area contributed by atoms with Gasteiger partial charge in [0.2, 0.25) is 0 Å². The number of methoxy groups -OCH3 is 1. The van der Waals surface area contributed by atoms with Gasteiger partial charge in [-0.3, -0.25) is 9.59 Å². The highest BCUT2D eigenvalue weighted by atomic mass is 16.5. The Morgan fingerprint density at radius 2 is 2.04 bits per heavy atom. The standard InChI is InChI=1S/C15H22N2O6/c1-10(2)13(17-14(19)11-5-4-7-22-11)15(20)23-9-12(18)16-6-8-21-3/h4-5,7,10,13H,6,8-9H2,1-3H3,(H,16,18)(H,17,19)/t13-/m0/s1. The molecule has 0 aromatic carbocycles. The van der Waals surface area contributed by atoms with Crippen LogP contribution < -0.4 is 10.6 Å². The lowest BCUT2D eigenvalue weighted by molar-refractivity contribution is -0.151. The quantitative estimate of drug-likeness (QED) is 0.500. The number of rotatable bonds is 9. The van der Waals surface area contributed by atoms with Crippen molar-refractivity contribution in [1.82, 2.24) is 10.6 Å². The van der Waals surface area contributed by atoms with Gasteiger partial charge in [-0.05, 0) is 18.1 Å². The van der Waals surface area contributed by atoms with Crippen LogP contribution in [-0.2, 0) is 19.1 Å². The molecule has 1 aromatic heterocycles. The number of nitrogens with one attached hydrogen (secondary N) is 2. The third kappa shape index (κ3) is 6.52. The van der Waals surface area contributed by atoms with E-state index >= 15 is 0 Å². The van der Waals surface area contributed by atoms with Crippen molar-refractivity contribution >= 4 is 17.8 Å². The van der Waals surface area contributed by atoms with Gasteiger partial charge < -0.3 is 24.5 Å². The molecular formula is C15H22N2O6. The average Bonchev–Trinajstić information content (AvgIpc) is 3.04. The lowest BCUT2D eigenvalue weighted by atomic mass is 10.0. The van der Waals surface area contributed by atoms with Crippen LogP contribution in [0.5, 0.6) is 0 Å². The van der Waals surface area contributed by atoms with Gasteiger partial charge in [0.25, 0.3) is 11.8 Å². The van der Waals surface area contributed by atoms with Crippen molar-refractivity contribution in [2.75, 3.05) is 26.9 Å². The van der Waals surface area contributed by atoms with Gasteiger partial charge in [0, 0.05) is 13.7 Å². The number of hydrogen-bond donors (Lipinski definition) is 2. The third-order valence-electron chi connectivity index (χ3n) is 2.93. The van der Waals surface area contributed by atoms with E-state index in [1.54, 1.807) is 19.9 Å². The summed E-state index contributed by atoms with van der Waals surface area (Å²) in [6, 6.07) is 2.18. The Morgan fingerprint density at radius 3 is 2.61 bits per heavy atom. The molecule has 1 rings (SSSR count). The summed E-state index contributed by atoms with van der Waals surface area (Å²) in [6.45, 7) is 3.80. The number of esters is 1. The molecule has 0 aliphatic rings. The van der Waals surface area contributed by atoms with E-state index in [2.05, 4.69) is 10.6 Å². The minimum atomic E-state index is -0.876. The van der Waals surface area contributed by atoms with Gasteiger partial charge in [0.05, 0.1) is 12.9 Å². The van der Waals surface area contributed by atoms with Gasteiger partial charge in [-0.15, -0.1) is 0 Å². The van der Waals surface area contributed by atoms with Gasteiger partial charge in [-0.1, -0.05) is 13.8 Å². The van der Waals surface area contributed by atoms with E-state index in [4.69, 9.17) is 13.9 Å². The largest absolute Gasteiger partial charge is 0.459 e. The molecule has 0 saturated heterocycles. The van der Waals surface area contributed by atoms with Gasteiger partial charge in [0.1, 0.15) is 6.04 Å². The molecule has 0 bridgehead atoms. The Labute approximate surface area is 134 Å². The average molecular weight is 326 g/mol. The molecule has 0 saturated carbocycles. The Morgan fingerprint density at radius 1 is 1.30 bits per heavy atom. The summed E-state index contributed by atoms with van der Waals surface area (Å²) in [7, 11) is 1.51. The molecule has 0 radical (unpaired) electrons. The van der Waals surface area contributed by atoms with E-state index < -0.39 is 30.4 Å². The number of carbonyl (C=O) groups is 3. The van der Waals surface area contributed by atoms with Crippen LogP contribution in [0.15, 0.2) is 22.8 Å². The Bertz CT molecular complexity index is 512. The summed E-state index contributed by atoms with van der Waals surface area (Å²) >= 11 is 0. The molecule has 0 spiro atoms.